The Kier molecular flexibility index (Phi) is 4.47. The predicted molar refractivity (Wildman–Crippen MR) is 116 cm³/mol. The third kappa shape index (κ3) is 3.58. The molecule has 0 aliphatic carbocycles. The van der Waals surface area contributed by atoms with Crippen LogP contribution in [0.5, 0.6) is 0 Å². The van der Waals surface area contributed by atoms with Crippen molar-refractivity contribution in [3.8, 4) is 5.69 Å². The van der Waals surface area contributed by atoms with E-state index < -0.39 is 0 Å². The van der Waals surface area contributed by atoms with E-state index in [2.05, 4.69) is 50.8 Å². The minimum Gasteiger partial charge on any atom is -0.338 e. The van der Waals surface area contributed by atoms with Crippen molar-refractivity contribution in [3.63, 3.8) is 0 Å². The fourth-order valence-corrected chi connectivity index (χ4v) is 3.46. The van der Waals surface area contributed by atoms with Gasteiger partial charge in [0.1, 0.15) is 0 Å². The molecule has 1 N–H and O–H groups in total. The Morgan fingerprint density at radius 2 is 1.62 bits per heavy atom. The van der Waals surface area contributed by atoms with Crippen LogP contribution in [0, 0.1) is 0 Å². The number of aromatic nitrogens is 4. The topological polar surface area (TPSA) is 55.6 Å². The summed E-state index contributed by atoms with van der Waals surface area (Å²) in [6.07, 6.45) is 6.23. The SMILES string of the molecule is c1ccc(Cc2nnc(Nc3cccc(-n4ccnc4)c3)c3ccccc23)cc1. The lowest BCUT2D eigenvalue weighted by Gasteiger charge is -2.12. The molecule has 5 heteroatoms. The molecule has 5 rings (SSSR count). The number of hydrogen-bond donors (Lipinski definition) is 1. The predicted octanol–water partition coefficient (Wildman–Crippen LogP) is 5.15. The zero-order chi connectivity index (χ0) is 19.5. The van der Waals surface area contributed by atoms with Gasteiger partial charge in [-0.1, -0.05) is 60.7 Å². The molecule has 0 saturated heterocycles. The molecule has 0 fully saturated rings. The summed E-state index contributed by atoms with van der Waals surface area (Å²) in [5, 5.41) is 14.7. The zero-order valence-corrected chi connectivity index (χ0v) is 15.7. The summed E-state index contributed by atoms with van der Waals surface area (Å²) in [6.45, 7) is 0. The zero-order valence-electron chi connectivity index (χ0n) is 15.7. The Bertz CT molecular complexity index is 1250. The summed E-state index contributed by atoms with van der Waals surface area (Å²) >= 11 is 0. The standard InChI is InChI=1S/C24H19N5/c1-2-7-18(8-3-1)15-23-21-11-4-5-12-22(21)24(28-27-23)26-19-9-6-10-20(16-19)29-14-13-25-17-29/h1-14,16-17H,15H2,(H,26,28). The molecular weight excluding hydrogens is 358 g/mol. The van der Waals surface area contributed by atoms with Crippen molar-refractivity contribution < 1.29 is 0 Å². The Hall–Kier alpha value is -3.99. The van der Waals surface area contributed by atoms with E-state index in [4.69, 9.17) is 0 Å². The van der Waals surface area contributed by atoms with E-state index >= 15 is 0 Å². The monoisotopic (exact) mass is 377 g/mol. The summed E-state index contributed by atoms with van der Waals surface area (Å²) in [5.74, 6) is 0.750. The van der Waals surface area contributed by atoms with E-state index in [1.165, 1.54) is 5.56 Å². The molecular formula is C24H19N5. The van der Waals surface area contributed by atoms with E-state index in [0.29, 0.717) is 0 Å². The highest BCUT2D eigenvalue weighted by molar-refractivity contribution is 5.94. The number of rotatable bonds is 5. The van der Waals surface area contributed by atoms with Crippen LogP contribution in [0.15, 0.2) is 97.6 Å². The van der Waals surface area contributed by atoms with E-state index in [1.54, 1.807) is 12.5 Å². The van der Waals surface area contributed by atoms with Crippen LogP contribution in [0.4, 0.5) is 11.5 Å². The highest BCUT2D eigenvalue weighted by atomic mass is 15.2. The minimum atomic E-state index is 0.750. The molecule has 140 valence electrons. The van der Waals surface area contributed by atoms with Crippen molar-refractivity contribution in [2.24, 2.45) is 0 Å². The molecule has 2 heterocycles. The molecule has 0 spiro atoms. The van der Waals surface area contributed by atoms with Crippen LogP contribution in [0.25, 0.3) is 16.5 Å². The average molecular weight is 377 g/mol. The Morgan fingerprint density at radius 1 is 0.793 bits per heavy atom. The second-order valence-corrected chi connectivity index (χ2v) is 6.85. The first-order valence-electron chi connectivity index (χ1n) is 9.50. The average Bonchev–Trinajstić information content (AvgIpc) is 3.32. The van der Waals surface area contributed by atoms with E-state index in [1.807, 2.05) is 59.3 Å². The normalized spacial score (nSPS) is 10.9. The largest absolute Gasteiger partial charge is 0.338 e. The smallest absolute Gasteiger partial charge is 0.160 e. The number of imidazole rings is 1. The lowest BCUT2D eigenvalue weighted by atomic mass is 10.0. The van der Waals surface area contributed by atoms with Crippen molar-refractivity contribution >= 4 is 22.3 Å². The van der Waals surface area contributed by atoms with Gasteiger partial charge in [0.25, 0.3) is 0 Å². The van der Waals surface area contributed by atoms with Gasteiger partial charge in [0, 0.05) is 41.0 Å². The van der Waals surface area contributed by atoms with Crippen molar-refractivity contribution in [1.29, 1.82) is 0 Å². The van der Waals surface area contributed by atoms with E-state index in [9.17, 15) is 0 Å². The second kappa shape index (κ2) is 7.56. The third-order valence-corrected chi connectivity index (χ3v) is 4.89. The highest BCUT2D eigenvalue weighted by Gasteiger charge is 2.10. The van der Waals surface area contributed by atoms with Crippen LogP contribution in [0.3, 0.4) is 0 Å². The van der Waals surface area contributed by atoms with Gasteiger partial charge in [-0.3, -0.25) is 0 Å². The van der Waals surface area contributed by atoms with Gasteiger partial charge in [0.2, 0.25) is 0 Å². The summed E-state index contributed by atoms with van der Waals surface area (Å²) in [6, 6.07) is 26.8. The molecule has 29 heavy (non-hydrogen) atoms. The van der Waals surface area contributed by atoms with Crippen LogP contribution >= 0.6 is 0 Å². The van der Waals surface area contributed by atoms with Gasteiger partial charge >= 0.3 is 0 Å². The molecule has 5 nitrogen and oxygen atoms in total. The lowest BCUT2D eigenvalue weighted by molar-refractivity contribution is 0.962. The molecule has 0 unspecified atom stereocenters. The summed E-state index contributed by atoms with van der Waals surface area (Å²) < 4.78 is 1.97. The van der Waals surface area contributed by atoms with Crippen molar-refractivity contribution in [1.82, 2.24) is 19.7 Å². The maximum absolute atomic E-state index is 4.54. The molecule has 0 aliphatic rings. The van der Waals surface area contributed by atoms with Crippen LogP contribution in [-0.4, -0.2) is 19.7 Å². The molecule has 0 bridgehead atoms. The van der Waals surface area contributed by atoms with Crippen molar-refractivity contribution in [2.45, 2.75) is 6.42 Å². The quantitative estimate of drug-likeness (QED) is 0.460. The van der Waals surface area contributed by atoms with Gasteiger partial charge in [-0.05, 0) is 23.8 Å². The fourth-order valence-electron chi connectivity index (χ4n) is 3.46. The van der Waals surface area contributed by atoms with Gasteiger partial charge in [-0.15, -0.1) is 5.10 Å². The Balaban J connectivity index is 1.50. The molecule has 0 saturated carbocycles. The van der Waals surface area contributed by atoms with Gasteiger partial charge in [0.05, 0.1) is 12.0 Å². The van der Waals surface area contributed by atoms with Crippen LogP contribution in [-0.2, 0) is 6.42 Å². The Morgan fingerprint density at radius 3 is 2.45 bits per heavy atom. The molecule has 0 amide bonds. The number of nitrogens with one attached hydrogen (secondary N) is 1. The van der Waals surface area contributed by atoms with E-state index in [-0.39, 0.29) is 0 Å². The van der Waals surface area contributed by atoms with Gasteiger partial charge in [-0.2, -0.15) is 5.10 Å². The molecule has 2 aromatic heterocycles. The van der Waals surface area contributed by atoms with Crippen LogP contribution < -0.4 is 5.32 Å². The van der Waals surface area contributed by atoms with Crippen LogP contribution in [0.1, 0.15) is 11.3 Å². The first kappa shape index (κ1) is 17.1. The number of hydrogen-bond acceptors (Lipinski definition) is 4. The highest BCUT2D eigenvalue weighted by Crippen LogP contribution is 2.27. The Labute approximate surface area is 168 Å². The summed E-state index contributed by atoms with van der Waals surface area (Å²) in [4.78, 5) is 4.12. The van der Waals surface area contributed by atoms with Crippen molar-refractivity contribution in [2.75, 3.05) is 5.32 Å². The molecule has 5 aromatic rings. The fraction of sp³-hybridized carbons (Fsp3) is 0.0417. The molecule has 0 atom stereocenters. The van der Waals surface area contributed by atoms with Gasteiger partial charge in [-0.25, -0.2) is 4.98 Å². The van der Waals surface area contributed by atoms with Gasteiger partial charge in [0.15, 0.2) is 5.82 Å². The third-order valence-electron chi connectivity index (χ3n) is 4.89. The van der Waals surface area contributed by atoms with Crippen molar-refractivity contribution in [3.05, 3.63) is 109 Å². The number of nitrogens with zero attached hydrogens (tertiary/aromatic N) is 4. The van der Waals surface area contributed by atoms with E-state index in [0.717, 1.165) is 40.1 Å². The van der Waals surface area contributed by atoms with Gasteiger partial charge < -0.3 is 9.88 Å². The number of anilines is 2. The number of benzene rings is 3. The maximum atomic E-state index is 4.54. The summed E-state index contributed by atoms with van der Waals surface area (Å²) in [7, 11) is 0. The first-order chi connectivity index (χ1) is 14.4. The maximum Gasteiger partial charge on any atom is 0.160 e. The summed E-state index contributed by atoms with van der Waals surface area (Å²) in [5.41, 5.74) is 4.18. The lowest BCUT2D eigenvalue weighted by Crippen LogP contribution is -2.02. The van der Waals surface area contributed by atoms with Crippen LogP contribution in [0.2, 0.25) is 0 Å². The number of fused-ring (bicyclic) bond motifs is 1. The molecule has 0 radical (unpaired) electrons. The molecule has 0 aliphatic heterocycles. The minimum absolute atomic E-state index is 0.750. The molecule has 3 aromatic carbocycles. The second-order valence-electron chi connectivity index (χ2n) is 6.85. The first-order valence-corrected chi connectivity index (χ1v) is 9.50.